The van der Waals surface area contributed by atoms with Crippen molar-refractivity contribution in [3.63, 3.8) is 0 Å². The molecule has 0 amide bonds. The van der Waals surface area contributed by atoms with Crippen LogP contribution in [0.15, 0.2) is 0 Å². The van der Waals surface area contributed by atoms with Gasteiger partial charge in [-0.2, -0.15) is 5.26 Å². The van der Waals surface area contributed by atoms with E-state index in [-0.39, 0.29) is 22.9 Å². The maximum Gasteiger partial charge on any atom is 0.302 e. The van der Waals surface area contributed by atoms with Crippen LogP contribution in [0, 0.1) is 45.8 Å². The first kappa shape index (κ1) is 24.1. The Morgan fingerprint density at radius 1 is 1.00 bits per heavy atom. The summed E-state index contributed by atoms with van der Waals surface area (Å²) in [5.74, 6) is 2.18. The molecule has 0 heterocycles. The molecule has 0 saturated heterocycles. The SMILES string of the molecule is CC(=O)O[C@H]1CC[C@@]2(C)[C@H](CC[C@@H]3[C@@H]2CC[C@]2(C)[C@@H](CCCCCCC#N)CC[C@]32O)C1. The van der Waals surface area contributed by atoms with Crippen LogP contribution in [0.3, 0.4) is 0 Å². The van der Waals surface area contributed by atoms with E-state index in [4.69, 9.17) is 10.00 Å². The number of nitriles is 1. The Morgan fingerprint density at radius 3 is 2.53 bits per heavy atom. The van der Waals surface area contributed by atoms with Crippen LogP contribution in [0.25, 0.3) is 0 Å². The van der Waals surface area contributed by atoms with Gasteiger partial charge in [0.15, 0.2) is 0 Å². The second-order valence-electron chi connectivity index (χ2n) is 12.2. The lowest BCUT2D eigenvalue weighted by atomic mass is 9.43. The second kappa shape index (κ2) is 9.28. The standard InChI is InChI=1S/C28H45NO3/c1-20(30)32-23-13-15-26(2)22(19-23)10-11-25-24(26)14-16-27(3)21(12-17-28(25,27)31)9-7-5-4-6-8-18-29/h21-25,31H,4-17,19H2,1-3H3/t21-,22+,23-,24-,25+,26-,27+,28-/m0/s1. The molecule has 180 valence electrons. The van der Waals surface area contributed by atoms with Gasteiger partial charge in [0.1, 0.15) is 6.10 Å². The molecular weight excluding hydrogens is 398 g/mol. The van der Waals surface area contributed by atoms with Gasteiger partial charge in [0, 0.05) is 13.3 Å². The molecule has 8 atom stereocenters. The van der Waals surface area contributed by atoms with Crippen molar-refractivity contribution in [3.05, 3.63) is 0 Å². The van der Waals surface area contributed by atoms with Crippen LogP contribution in [0.4, 0.5) is 0 Å². The van der Waals surface area contributed by atoms with Gasteiger partial charge in [-0.25, -0.2) is 0 Å². The summed E-state index contributed by atoms with van der Waals surface area (Å²) in [5, 5.41) is 21.0. The average Bonchev–Trinajstić information content (AvgIpc) is 3.01. The highest BCUT2D eigenvalue weighted by Crippen LogP contribution is 2.69. The number of rotatable bonds is 7. The first-order valence-electron chi connectivity index (χ1n) is 13.5. The molecule has 4 rings (SSSR count). The van der Waals surface area contributed by atoms with E-state index in [1.165, 1.54) is 58.3 Å². The normalized spacial score (nSPS) is 45.3. The van der Waals surface area contributed by atoms with Gasteiger partial charge >= 0.3 is 5.97 Å². The fraction of sp³-hybridized carbons (Fsp3) is 0.929. The fourth-order valence-corrected chi connectivity index (χ4v) is 9.05. The van der Waals surface area contributed by atoms with Gasteiger partial charge in [-0.3, -0.25) is 4.79 Å². The van der Waals surface area contributed by atoms with Crippen LogP contribution in [-0.2, 0) is 9.53 Å². The summed E-state index contributed by atoms with van der Waals surface area (Å²) < 4.78 is 5.60. The van der Waals surface area contributed by atoms with Crippen LogP contribution >= 0.6 is 0 Å². The summed E-state index contributed by atoms with van der Waals surface area (Å²) in [7, 11) is 0. The van der Waals surface area contributed by atoms with E-state index >= 15 is 0 Å². The number of hydrogen-bond donors (Lipinski definition) is 1. The van der Waals surface area contributed by atoms with Crippen molar-refractivity contribution in [2.45, 2.75) is 129 Å². The largest absolute Gasteiger partial charge is 0.463 e. The molecule has 0 bridgehead atoms. The van der Waals surface area contributed by atoms with Gasteiger partial charge in [0.2, 0.25) is 0 Å². The lowest BCUT2D eigenvalue weighted by Gasteiger charge is -2.63. The molecule has 0 aromatic heterocycles. The van der Waals surface area contributed by atoms with Crippen LogP contribution in [0.2, 0.25) is 0 Å². The zero-order valence-electron chi connectivity index (χ0n) is 20.7. The second-order valence-corrected chi connectivity index (χ2v) is 12.2. The van der Waals surface area contributed by atoms with Crippen LogP contribution in [0.1, 0.15) is 117 Å². The smallest absolute Gasteiger partial charge is 0.302 e. The zero-order chi connectivity index (χ0) is 23.0. The molecule has 4 nitrogen and oxygen atoms in total. The molecule has 4 saturated carbocycles. The number of unbranched alkanes of at least 4 members (excludes halogenated alkanes) is 4. The third kappa shape index (κ3) is 4.02. The Bertz CT molecular complexity index is 731. The van der Waals surface area contributed by atoms with E-state index in [0.717, 1.165) is 38.5 Å². The zero-order valence-corrected chi connectivity index (χ0v) is 20.7. The number of nitrogens with zero attached hydrogens (tertiary/aromatic N) is 1. The summed E-state index contributed by atoms with van der Waals surface area (Å²) in [4.78, 5) is 11.5. The quantitative estimate of drug-likeness (QED) is 0.357. The molecule has 1 N–H and O–H groups in total. The summed E-state index contributed by atoms with van der Waals surface area (Å²) in [6.45, 7) is 6.45. The van der Waals surface area contributed by atoms with Gasteiger partial charge in [-0.05, 0) is 105 Å². The Morgan fingerprint density at radius 2 is 1.78 bits per heavy atom. The van der Waals surface area contributed by atoms with Crippen molar-refractivity contribution in [2.24, 2.45) is 34.5 Å². The number of esters is 1. The van der Waals surface area contributed by atoms with E-state index in [9.17, 15) is 9.90 Å². The summed E-state index contributed by atoms with van der Waals surface area (Å²) >= 11 is 0. The predicted octanol–water partition coefficient (Wildman–Crippen LogP) is 6.56. The Kier molecular flexibility index (Phi) is 6.98. The molecule has 0 spiro atoms. The van der Waals surface area contributed by atoms with Crippen molar-refractivity contribution in [1.82, 2.24) is 0 Å². The number of carbonyl (C=O) groups excluding carboxylic acids is 1. The lowest BCUT2D eigenvalue weighted by Crippen LogP contribution is -2.62. The third-order valence-electron chi connectivity index (χ3n) is 10.9. The molecular formula is C28H45NO3. The monoisotopic (exact) mass is 443 g/mol. The van der Waals surface area contributed by atoms with Crippen molar-refractivity contribution in [3.8, 4) is 6.07 Å². The molecule has 4 heteroatoms. The Labute approximate surface area is 195 Å². The Balaban J connectivity index is 1.41. The molecule has 4 fully saturated rings. The van der Waals surface area contributed by atoms with Gasteiger partial charge < -0.3 is 9.84 Å². The highest BCUT2D eigenvalue weighted by molar-refractivity contribution is 5.66. The highest BCUT2D eigenvalue weighted by Gasteiger charge is 2.66. The van der Waals surface area contributed by atoms with Gasteiger partial charge in [0.25, 0.3) is 0 Å². The third-order valence-corrected chi connectivity index (χ3v) is 10.9. The number of aliphatic hydroxyl groups is 1. The first-order valence-corrected chi connectivity index (χ1v) is 13.5. The van der Waals surface area contributed by atoms with Gasteiger partial charge in [0.05, 0.1) is 11.7 Å². The minimum Gasteiger partial charge on any atom is -0.463 e. The number of hydrogen-bond acceptors (Lipinski definition) is 4. The Hall–Kier alpha value is -1.08. The van der Waals surface area contributed by atoms with Crippen molar-refractivity contribution < 1.29 is 14.6 Å². The van der Waals surface area contributed by atoms with Crippen molar-refractivity contribution in [2.75, 3.05) is 0 Å². The highest BCUT2D eigenvalue weighted by atomic mass is 16.5. The van der Waals surface area contributed by atoms with Crippen LogP contribution in [0.5, 0.6) is 0 Å². The van der Waals surface area contributed by atoms with Gasteiger partial charge in [-0.15, -0.1) is 0 Å². The van der Waals surface area contributed by atoms with E-state index in [1.807, 2.05) is 0 Å². The molecule has 0 unspecified atom stereocenters. The lowest BCUT2D eigenvalue weighted by molar-refractivity contribution is -0.212. The average molecular weight is 444 g/mol. The number of carbonyl (C=O) groups is 1. The molecule has 4 aliphatic carbocycles. The van der Waals surface area contributed by atoms with E-state index < -0.39 is 5.60 Å². The minimum absolute atomic E-state index is 0.0684. The molecule has 32 heavy (non-hydrogen) atoms. The topological polar surface area (TPSA) is 70.3 Å². The first-order chi connectivity index (χ1) is 15.2. The fourth-order valence-electron chi connectivity index (χ4n) is 9.05. The minimum atomic E-state index is -0.498. The summed E-state index contributed by atoms with van der Waals surface area (Å²) in [5.41, 5.74) is -0.142. The number of ether oxygens (including phenoxy) is 1. The van der Waals surface area contributed by atoms with E-state index in [2.05, 4.69) is 19.9 Å². The van der Waals surface area contributed by atoms with Crippen LogP contribution < -0.4 is 0 Å². The molecule has 0 aromatic carbocycles. The van der Waals surface area contributed by atoms with E-state index in [1.54, 1.807) is 0 Å². The van der Waals surface area contributed by atoms with Crippen molar-refractivity contribution >= 4 is 5.97 Å². The predicted molar refractivity (Wildman–Crippen MR) is 126 cm³/mol. The molecule has 0 radical (unpaired) electrons. The molecule has 0 aromatic rings. The maximum atomic E-state index is 12.3. The van der Waals surface area contributed by atoms with E-state index in [0.29, 0.717) is 30.1 Å². The molecule has 4 aliphatic rings. The van der Waals surface area contributed by atoms with Gasteiger partial charge in [-0.1, -0.05) is 33.1 Å². The maximum absolute atomic E-state index is 12.3. The molecule has 0 aliphatic heterocycles. The van der Waals surface area contributed by atoms with Crippen LogP contribution in [-0.4, -0.2) is 22.8 Å². The summed E-state index contributed by atoms with van der Waals surface area (Å²) in [6, 6.07) is 2.25. The number of fused-ring (bicyclic) bond motifs is 5. The summed E-state index contributed by atoms with van der Waals surface area (Å²) in [6.07, 6.45) is 16.7. The van der Waals surface area contributed by atoms with Crippen molar-refractivity contribution in [1.29, 1.82) is 5.26 Å².